The highest BCUT2D eigenvalue weighted by atomic mass is 32.2. The van der Waals surface area contributed by atoms with Gasteiger partial charge >= 0.3 is 5.97 Å². The smallest absolute Gasteiger partial charge is 0.342 e. The number of aromatic carboxylic acids is 1. The van der Waals surface area contributed by atoms with Crippen molar-refractivity contribution >= 4 is 34.3 Å². The number of thioether (sulfide) groups is 1. The second-order valence-electron chi connectivity index (χ2n) is 6.08. The molecule has 0 radical (unpaired) electrons. The van der Waals surface area contributed by atoms with Crippen LogP contribution >= 0.6 is 11.8 Å². The first-order chi connectivity index (χ1) is 12.4. The average Bonchev–Trinajstić information content (AvgIpc) is 2.61. The summed E-state index contributed by atoms with van der Waals surface area (Å²) in [5, 5.41) is 12.9. The van der Waals surface area contributed by atoms with Crippen LogP contribution in [0.5, 0.6) is 0 Å². The van der Waals surface area contributed by atoms with Gasteiger partial charge < -0.3 is 15.0 Å². The van der Waals surface area contributed by atoms with Crippen molar-refractivity contribution in [3.8, 4) is 11.1 Å². The molecule has 7 heteroatoms. The Morgan fingerprint density at radius 2 is 1.96 bits per heavy atom. The van der Waals surface area contributed by atoms with Crippen LogP contribution in [0.25, 0.3) is 22.0 Å². The van der Waals surface area contributed by atoms with E-state index in [1.807, 2.05) is 19.1 Å². The fourth-order valence-corrected chi connectivity index (χ4v) is 4.43. The van der Waals surface area contributed by atoms with E-state index in [2.05, 4.69) is 5.32 Å². The number of aromatic nitrogens is 1. The first-order valence-corrected chi connectivity index (χ1v) is 8.90. The molecule has 0 saturated carbocycles. The molecule has 1 atom stereocenters. The number of benzene rings is 2. The highest BCUT2D eigenvalue weighted by molar-refractivity contribution is 8.00. The largest absolute Gasteiger partial charge is 0.477 e. The summed E-state index contributed by atoms with van der Waals surface area (Å²) in [6.45, 7) is 1.91. The van der Waals surface area contributed by atoms with Crippen LogP contribution in [0.3, 0.4) is 0 Å². The summed E-state index contributed by atoms with van der Waals surface area (Å²) >= 11 is 1.33. The molecule has 0 saturated heterocycles. The number of pyridine rings is 1. The average molecular weight is 370 g/mol. The number of carboxylic acid groups (broad SMARTS) is 1. The number of rotatable bonds is 3. The number of fused-ring (bicyclic) bond motifs is 3. The number of carboxylic acids is 1. The van der Waals surface area contributed by atoms with Gasteiger partial charge in [-0.2, -0.15) is 0 Å². The first-order valence-electron chi connectivity index (χ1n) is 8.02. The van der Waals surface area contributed by atoms with Gasteiger partial charge in [0.15, 0.2) is 0 Å². The number of nitrogens with zero attached hydrogens (tertiary/aromatic N) is 1. The maximum Gasteiger partial charge on any atom is 0.342 e. The van der Waals surface area contributed by atoms with Gasteiger partial charge in [-0.25, -0.2) is 9.18 Å². The molecule has 5 nitrogen and oxygen atoms in total. The highest BCUT2D eigenvalue weighted by Gasteiger charge is 2.33. The predicted molar refractivity (Wildman–Crippen MR) is 101 cm³/mol. The van der Waals surface area contributed by atoms with Crippen molar-refractivity contribution in [1.29, 1.82) is 0 Å². The van der Waals surface area contributed by atoms with Crippen LogP contribution < -0.4 is 10.7 Å². The molecule has 4 rings (SSSR count). The third-order valence-electron chi connectivity index (χ3n) is 4.59. The Labute approximate surface area is 152 Å². The van der Waals surface area contributed by atoms with E-state index in [1.165, 1.54) is 11.8 Å². The molecule has 0 fully saturated rings. The van der Waals surface area contributed by atoms with Crippen molar-refractivity contribution in [3.05, 3.63) is 58.0 Å². The molecule has 26 heavy (non-hydrogen) atoms. The summed E-state index contributed by atoms with van der Waals surface area (Å²) in [5.74, 6) is -1.84. The fraction of sp³-hybridized carbons (Fsp3) is 0.158. The Kier molecular flexibility index (Phi) is 3.77. The monoisotopic (exact) mass is 370 g/mol. The lowest BCUT2D eigenvalue weighted by Gasteiger charge is -2.32. The zero-order valence-corrected chi connectivity index (χ0v) is 14.9. The SMILES string of the molecule is CNc1ccc(-c2cc3c(cc2F)c(=O)c(C(=O)O)c2n3C(C)S2)cc1. The van der Waals surface area contributed by atoms with Crippen molar-refractivity contribution in [2.75, 3.05) is 12.4 Å². The van der Waals surface area contributed by atoms with E-state index >= 15 is 0 Å². The van der Waals surface area contributed by atoms with Crippen molar-refractivity contribution < 1.29 is 14.3 Å². The molecule has 0 aliphatic carbocycles. The first kappa shape index (κ1) is 16.7. The molecule has 0 bridgehead atoms. The van der Waals surface area contributed by atoms with Crippen LogP contribution in [0.15, 0.2) is 46.2 Å². The van der Waals surface area contributed by atoms with Crippen molar-refractivity contribution in [3.63, 3.8) is 0 Å². The third kappa shape index (κ3) is 2.31. The van der Waals surface area contributed by atoms with Crippen LogP contribution in [-0.4, -0.2) is 22.7 Å². The number of hydrogen-bond donors (Lipinski definition) is 2. The third-order valence-corrected chi connectivity index (χ3v) is 5.77. The lowest BCUT2D eigenvalue weighted by Crippen LogP contribution is -2.28. The quantitative estimate of drug-likeness (QED) is 0.724. The molecular formula is C19H15FN2O3S. The highest BCUT2D eigenvalue weighted by Crippen LogP contribution is 2.46. The molecule has 1 aromatic heterocycles. The van der Waals surface area contributed by atoms with Gasteiger partial charge in [0.05, 0.1) is 15.9 Å². The van der Waals surface area contributed by atoms with Gasteiger partial charge in [-0.05, 0) is 36.8 Å². The number of carbonyl (C=O) groups is 1. The summed E-state index contributed by atoms with van der Waals surface area (Å²) < 4.78 is 16.5. The Hall–Kier alpha value is -2.80. The van der Waals surface area contributed by atoms with E-state index in [9.17, 15) is 19.1 Å². The number of anilines is 1. The van der Waals surface area contributed by atoms with E-state index in [1.54, 1.807) is 29.8 Å². The molecule has 1 unspecified atom stereocenters. The number of nitrogens with one attached hydrogen (secondary N) is 1. The molecule has 0 amide bonds. The fourth-order valence-electron chi connectivity index (χ4n) is 3.27. The molecule has 0 spiro atoms. The Morgan fingerprint density at radius 1 is 1.27 bits per heavy atom. The lowest BCUT2D eigenvalue weighted by atomic mass is 10.0. The second-order valence-corrected chi connectivity index (χ2v) is 7.38. The Bertz CT molecular complexity index is 1120. The molecule has 1 aliphatic heterocycles. The van der Waals surface area contributed by atoms with Crippen LogP contribution in [0.1, 0.15) is 22.7 Å². The minimum atomic E-state index is -1.29. The van der Waals surface area contributed by atoms with Crippen molar-refractivity contribution in [2.45, 2.75) is 17.3 Å². The van der Waals surface area contributed by atoms with Crippen LogP contribution in [-0.2, 0) is 0 Å². The zero-order valence-electron chi connectivity index (χ0n) is 14.0. The summed E-state index contributed by atoms with van der Waals surface area (Å²) in [5.41, 5.74) is 1.59. The summed E-state index contributed by atoms with van der Waals surface area (Å²) in [7, 11) is 1.80. The molecule has 2 heterocycles. The van der Waals surface area contributed by atoms with Gasteiger partial charge in [0.2, 0.25) is 5.43 Å². The molecular weight excluding hydrogens is 355 g/mol. The summed E-state index contributed by atoms with van der Waals surface area (Å²) in [4.78, 5) is 24.1. The zero-order chi connectivity index (χ0) is 18.6. The van der Waals surface area contributed by atoms with Gasteiger partial charge in [-0.1, -0.05) is 23.9 Å². The van der Waals surface area contributed by atoms with E-state index in [0.717, 1.165) is 11.8 Å². The van der Waals surface area contributed by atoms with Gasteiger partial charge in [0, 0.05) is 23.7 Å². The topological polar surface area (TPSA) is 71.3 Å². The van der Waals surface area contributed by atoms with E-state index in [4.69, 9.17) is 0 Å². The van der Waals surface area contributed by atoms with Crippen LogP contribution in [0.4, 0.5) is 10.1 Å². The van der Waals surface area contributed by atoms with Gasteiger partial charge in [-0.15, -0.1) is 0 Å². The minimum Gasteiger partial charge on any atom is -0.477 e. The Morgan fingerprint density at radius 3 is 2.54 bits per heavy atom. The maximum absolute atomic E-state index is 14.7. The van der Waals surface area contributed by atoms with Gasteiger partial charge in [-0.3, -0.25) is 4.79 Å². The number of hydrogen-bond acceptors (Lipinski definition) is 4. The Balaban J connectivity index is 2.02. The van der Waals surface area contributed by atoms with Crippen molar-refractivity contribution in [2.24, 2.45) is 0 Å². The van der Waals surface area contributed by atoms with Crippen molar-refractivity contribution in [1.82, 2.24) is 4.57 Å². The van der Waals surface area contributed by atoms with E-state index in [0.29, 0.717) is 21.7 Å². The summed E-state index contributed by atoms with van der Waals surface area (Å²) in [6.07, 6.45) is 0. The van der Waals surface area contributed by atoms with Crippen LogP contribution in [0, 0.1) is 5.82 Å². The molecule has 132 valence electrons. The molecule has 2 N–H and O–H groups in total. The predicted octanol–water partition coefficient (Wildman–Crippen LogP) is 4.17. The van der Waals surface area contributed by atoms with Crippen LogP contribution in [0.2, 0.25) is 0 Å². The van der Waals surface area contributed by atoms with Gasteiger partial charge in [0.25, 0.3) is 0 Å². The summed E-state index contributed by atoms with van der Waals surface area (Å²) in [6, 6.07) is 10.1. The van der Waals surface area contributed by atoms with Gasteiger partial charge in [0.1, 0.15) is 11.4 Å². The number of halogens is 1. The normalized spacial score (nSPS) is 15.4. The lowest BCUT2D eigenvalue weighted by molar-refractivity contribution is 0.0689. The second kappa shape index (κ2) is 5.88. The molecule has 3 aromatic rings. The minimum absolute atomic E-state index is 0.0174. The molecule has 2 aromatic carbocycles. The standard InChI is InChI=1S/C19H15FN2O3S/c1-9-22-15-8-12(10-3-5-11(21-2)6-4-10)14(20)7-13(15)17(23)16(19(24)25)18(22)26-9/h3-9,21H,1-2H3,(H,24,25). The van der Waals surface area contributed by atoms with E-state index in [-0.39, 0.29) is 16.3 Å². The maximum atomic E-state index is 14.7. The van der Waals surface area contributed by atoms with E-state index < -0.39 is 17.2 Å². The molecule has 1 aliphatic rings.